The standard InChI is InChI=1S/C19H26N4O2/c1-22-17-10-14(6-7-15(17)12-21-22)11-20-19(24)18-13-25-9-8-23(18)16-4-2-3-5-16/h6-7,10,12,16,18H,2-5,8-9,11,13H2,1H3,(H,20,24). The summed E-state index contributed by atoms with van der Waals surface area (Å²) in [6.45, 7) is 2.64. The van der Waals surface area contributed by atoms with Gasteiger partial charge in [-0.05, 0) is 24.5 Å². The van der Waals surface area contributed by atoms with E-state index in [2.05, 4.69) is 33.5 Å². The van der Waals surface area contributed by atoms with E-state index in [0.29, 0.717) is 19.2 Å². The number of hydrogen-bond donors (Lipinski definition) is 1. The van der Waals surface area contributed by atoms with Gasteiger partial charge in [-0.3, -0.25) is 14.4 Å². The Morgan fingerprint density at radius 2 is 2.20 bits per heavy atom. The minimum Gasteiger partial charge on any atom is -0.378 e. The zero-order valence-electron chi connectivity index (χ0n) is 14.8. The Morgan fingerprint density at radius 3 is 3.04 bits per heavy atom. The SMILES string of the molecule is Cn1ncc2ccc(CNC(=O)C3COCCN3C3CCCC3)cc21. The molecular weight excluding hydrogens is 316 g/mol. The molecule has 6 heteroatoms. The van der Waals surface area contributed by atoms with E-state index in [-0.39, 0.29) is 11.9 Å². The molecule has 2 aromatic rings. The average Bonchev–Trinajstić information content (AvgIpc) is 3.30. The minimum absolute atomic E-state index is 0.0803. The number of benzene rings is 1. The first kappa shape index (κ1) is 16.5. The van der Waals surface area contributed by atoms with E-state index >= 15 is 0 Å². The van der Waals surface area contributed by atoms with Crippen molar-refractivity contribution in [1.29, 1.82) is 0 Å². The molecule has 1 amide bonds. The van der Waals surface area contributed by atoms with E-state index < -0.39 is 0 Å². The summed E-state index contributed by atoms with van der Waals surface area (Å²) in [5.74, 6) is 0.0803. The number of aryl methyl sites for hydroxylation is 1. The van der Waals surface area contributed by atoms with Gasteiger partial charge < -0.3 is 10.1 Å². The maximum atomic E-state index is 12.8. The Bertz CT molecular complexity index is 751. The Labute approximate surface area is 148 Å². The van der Waals surface area contributed by atoms with Gasteiger partial charge in [0.05, 0.1) is 24.9 Å². The highest BCUT2D eigenvalue weighted by atomic mass is 16.5. The molecule has 1 saturated carbocycles. The van der Waals surface area contributed by atoms with E-state index in [0.717, 1.165) is 29.6 Å². The van der Waals surface area contributed by atoms with E-state index in [9.17, 15) is 4.79 Å². The number of morpholine rings is 1. The molecule has 1 saturated heterocycles. The molecule has 0 spiro atoms. The lowest BCUT2D eigenvalue weighted by molar-refractivity contribution is -0.134. The largest absolute Gasteiger partial charge is 0.378 e. The maximum absolute atomic E-state index is 12.8. The Morgan fingerprint density at radius 1 is 1.36 bits per heavy atom. The first-order chi connectivity index (χ1) is 12.2. The predicted molar refractivity (Wildman–Crippen MR) is 96.1 cm³/mol. The molecule has 1 atom stereocenters. The molecule has 0 radical (unpaired) electrons. The van der Waals surface area contributed by atoms with E-state index in [4.69, 9.17) is 4.74 Å². The maximum Gasteiger partial charge on any atom is 0.240 e. The zero-order valence-corrected chi connectivity index (χ0v) is 14.8. The van der Waals surface area contributed by atoms with Crippen molar-refractivity contribution in [3.8, 4) is 0 Å². The van der Waals surface area contributed by atoms with E-state index in [1.807, 2.05) is 17.9 Å². The van der Waals surface area contributed by atoms with Crippen LogP contribution in [0.2, 0.25) is 0 Å². The molecule has 1 aromatic carbocycles. The summed E-state index contributed by atoms with van der Waals surface area (Å²) in [4.78, 5) is 15.1. The van der Waals surface area contributed by atoms with Gasteiger partial charge in [-0.25, -0.2) is 0 Å². The number of carbonyl (C=O) groups excluding carboxylic acids is 1. The number of carbonyl (C=O) groups is 1. The molecule has 1 unspecified atom stereocenters. The quantitative estimate of drug-likeness (QED) is 0.921. The van der Waals surface area contributed by atoms with Gasteiger partial charge in [-0.15, -0.1) is 0 Å². The monoisotopic (exact) mass is 342 g/mol. The molecule has 1 aromatic heterocycles. The molecule has 134 valence electrons. The van der Waals surface area contributed by atoms with Crippen LogP contribution in [0.4, 0.5) is 0 Å². The van der Waals surface area contributed by atoms with E-state index in [1.54, 1.807) is 0 Å². The second kappa shape index (κ2) is 7.14. The van der Waals surface area contributed by atoms with E-state index in [1.165, 1.54) is 25.7 Å². The van der Waals surface area contributed by atoms with Gasteiger partial charge in [0.2, 0.25) is 5.91 Å². The summed E-state index contributed by atoms with van der Waals surface area (Å²) in [5, 5.41) is 8.49. The highest BCUT2D eigenvalue weighted by Crippen LogP contribution is 2.26. The number of ether oxygens (including phenoxy) is 1. The van der Waals surface area contributed by atoms with Crippen molar-refractivity contribution in [2.45, 2.75) is 44.3 Å². The second-order valence-corrected chi connectivity index (χ2v) is 7.15. The van der Waals surface area contributed by atoms with Crippen LogP contribution in [-0.2, 0) is 23.1 Å². The first-order valence-electron chi connectivity index (χ1n) is 9.24. The number of nitrogens with one attached hydrogen (secondary N) is 1. The molecule has 1 aliphatic carbocycles. The third kappa shape index (κ3) is 3.41. The lowest BCUT2D eigenvalue weighted by atomic mass is 10.1. The number of aromatic nitrogens is 2. The van der Waals surface area contributed by atoms with Gasteiger partial charge in [0, 0.05) is 31.6 Å². The van der Waals surface area contributed by atoms with Crippen LogP contribution in [0.5, 0.6) is 0 Å². The van der Waals surface area contributed by atoms with Crippen molar-refractivity contribution < 1.29 is 9.53 Å². The minimum atomic E-state index is -0.155. The van der Waals surface area contributed by atoms with Crippen LogP contribution in [0.25, 0.3) is 10.9 Å². The molecule has 1 N–H and O–H groups in total. The van der Waals surface area contributed by atoms with Crippen LogP contribution < -0.4 is 5.32 Å². The van der Waals surface area contributed by atoms with Gasteiger partial charge in [-0.1, -0.05) is 25.0 Å². The molecule has 2 aliphatic rings. The lowest BCUT2D eigenvalue weighted by Gasteiger charge is -2.38. The molecule has 25 heavy (non-hydrogen) atoms. The smallest absolute Gasteiger partial charge is 0.240 e. The van der Waals surface area contributed by atoms with Crippen LogP contribution in [-0.4, -0.2) is 52.4 Å². The fourth-order valence-electron chi connectivity index (χ4n) is 4.12. The zero-order chi connectivity index (χ0) is 17.2. The third-order valence-electron chi connectivity index (χ3n) is 5.55. The molecule has 6 nitrogen and oxygen atoms in total. The van der Waals surface area contributed by atoms with Crippen molar-refractivity contribution in [3.05, 3.63) is 30.0 Å². The van der Waals surface area contributed by atoms with Crippen LogP contribution >= 0.6 is 0 Å². The van der Waals surface area contributed by atoms with Crippen molar-refractivity contribution in [2.75, 3.05) is 19.8 Å². The Hall–Kier alpha value is -1.92. The Balaban J connectivity index is 1.41. The van der Waals surface area contributed by atoms with Crippen molar-refractivity contribution in [1.82, 2.24) is 20.0 Å². The van der Waals surface area contributed by atoms with Gasteiger partial charge in [0.15, 0.2) is 0 Å². The van der Waals surface area contributed by atoms with Crippen molar-refractivity contribution >= 4 is 16.8 Å². The molecule has 4 rings (SSSR count). The van der Waals surface area contributed by atoms with Crippen LogP contribution in [0, 0.1) is 0 Å². The predicted octanol–water partition coefficient (Wildman–Crippen LogP) is 1.83. The molecular formula is C19H26N4O2. The number of nitrogens with zero attached hydrogens (tertiary/aromatic N) is 3. The number of hydrogen-bond acceptors (Lipinski definition) is 4. The third-order valence-corrected chi connectivity index (χ3v) is 5.55. The van der Waals surface area contributed by atoms with Crippen molar-refractivity contribution in [2.24, 2.45) is 7.05 Å². The van der Waals surface area contributed by atoms with Gasteiger partial charge in [0.1, 0.15) is 6.04 Å². The average molecular weight is 342 g/mol. The van der Waals surface area contributed by atoms with Crippen LogP contribution in [0.3, 0.4) is 0 Å². The van der Waals surface area contributed by atoms with Gasteiger partial charge >= 0.3 is 0 Å². The summed E-state index contributed by atoms with van der Waals surface area (Å²) >= 11 is 0. The summed E-state index contributed by atoms with van der Waals surface area (Å²) < 4.78 is 7.45. The summed E-state index contributed by atoms with van der Waals surface area (Å²) in [7, 11) is 1.93. The lowest BCUT2D eigenvalue weighted by Crippen LogP contribution is -2.56. The fraction of sp³-hybridized carbons (Fsp3) is 0.579. The summed E-state index contributed by atoms with van der Waals surface area (Å²) in [6, 6.07) is 6.59. The van der Waals surface area contributed by atoms with Crippen LogP contribution in [0.15, 0.2) is 24.4 Å². The molecule has 2 heterocycles. The first-order valence-corrected chi connectivity index (χ1v) is 9.24. The summed E-state index contributed by atoms with van der Waals surface area (Å²) in [6.07, 6.45) is 6.83. The van der Waals surface area contributed by atoms with Crippen molar-refractivity contribution in [3.63, 3.8) is 0 Å². The molecule has 0 bridgehead atoms. The number of fused-ring (bicyclic) bond motifs is 1. The van der Waals surface area contributed by atoms with Crippen LogP contribution in [0.1, 0.15) is 31.2 Å². The highest BCUT2D eigenvalue weighted by molar-refractivity contribution is 5.82. The van der Waals surface area contributed by atoms with Gasteiger partial charge in [-0.2, -0.15) is 5.10 Å². The number of amides is 1. The Kier molecular flexibility index (Phi) is 4.72. The topological polar surface area (TPSA) is 59.4 Å². The molecule has 1 aliphatic heterocycles. The fourth-order valence-corrected chi connectivity index (χ4v) is 4.12. The summed E-state index contributed by atoms with van der Waals surface area (Å²) in [5.41, 5.74) is 2.17. The van der Waals surface area contributed by atoms with Gasteiger partial charge in [0.25, 0.3) is 0 Å². The second-order valence-electron chi connectivity index (χ2n) is 7.15. The normalized spacial score (nSPS) is 22.5. The molecule has 2 fully saturated rings. The highest BCUT2D eigenvalue weighted by Gasteiger charge is 2.35. The number of rotatable bonds is 4.